The van der Waals surface area contributed by atoms with Crippen molar-refractivity contribution in [1.29, 1.82) is 0 Å². The van der Waals surface area contributed by atoms with Crippen molar-refractivity contribution in [2.45, 2.75) is 51.6 Å². The number of nitrogens with zero attached hydrogens (tertiary/aromatic N) is 1. The Hall–Kier alpha value is -1.82. The van der Waals surface area contributed by atoms with Crippen LogP contribution in [0.25, 0.3) is 0 Å². The molecule has 0 aliphatic carbocycles. The molecule has 6 nitrogen and oxygen atoms in total. The molecule has 126 valence electrons. The van der Waals surface area contributed by atoms with Crippen molar-refractivity contribution in [2.24, 2.45) is 0 Å². The summed E-state index contributed by atoms with van der Waals surface area (Å²) in [5.74, 6) is 0.304. The van der Waals surface area contributed by atoms with Gasteiger partial charge in [-0.25, -0.2) is 0 Å². The van der Waals surface area contributed by atoms with Crippen LogP contribution in [0.2, 0.25) is 0 Å². The second-order valence-corrected chi connectivity index (χ2v) is 6.46. The van der Waals surface area contributed by atoms with Gasteiger partial charge in [0.1, 0.15) is 12.0 Å². The maximum absolute atomic E-state index is 13.1. The number of carbonyl (C=O) groups excluding carboxylic acids is 2. The Morgan fingerprint density at radius 1 is 1.35 bits per heavy atom. The van der Waals surface area contributed by atoms with Crippen LogP contribution in [0.1, 0.15) is 59.6 Å². The molecule has 3 rings (SSSR count). The fourth-order valence-corrected chi connectivity index (χ4v) is 3.45. The average molecular weight is 320 g/mol. The zero-order valence-corrected chi connectivity index (χ0v) is 13.8. The Labute approximate surface area is 136 Å². The minimum atomic E-state index is -0.203. The highest BCUT2D eigenvalue weighted by Gasteiger charge is 2.34. The maximum atomic E-state index is 13.1. The smallest absolute Gasteiger partial charge is 0.258 e. The number of nitrogens with one attached hydrogen (secondary N) is 1. The molecule has 0 unspecified atom stereocenters. The summed E-state index contributed by atoms with van der Waals surface area (Å²) in [6, 6.07) is 0.209. The molecule has 6 heteroatoms. The van der Waals surface area contributed by atoms with E-state index < -0.39 is 0 Å². The predicted octanol–water partition coefficient (Wildman–Crippen LogP) is 1.99. The summed E-state index contributed by atoms with van der Waals surface area (Å²) in [5, 5.41) is 2.84. The first kappa shape index (κ1) is 16.1. The van der Waals surface area contributed by atoms with Crippen LogP contribution in [0.5, 0.6) is 0 Å². The lowest BCUT2D eigenvalue weighted by atomic mass is 10.0. The third-order valence-corrected chi connectivity index (χ3v) is 4.57. The van der Waals surface area contributed by atoms with Gasteiger partial charge < -0.3 is 19.4 Å². The van der Waals surface area contributed by atoms with Crippen molar-refractivity contribution < 1.29 is 18.7 Å². The van der Waals surface area contributed by atoms with Crippen molar-refractivity contribution in [3.05, 3.63) is 23.2 Å². The second-order valence-electron chi connectivity index (χ2n) is 6.46. The molecule has 1 fully saturated rings. The van der Waals surface area contributed by atoms with Crippen LogP contribution in [0.4, 0.5) is 0 Å². The number of aryl methyl sites for hydroxylation is 1. The topological polar surface area (TPSA) is 71.8 Å². The summed E-state index contributed by atoms with van der Waals surface area (Å²) in [4.78, 5) is 27.3. The van der Waals surface area contributed by atoms with Crippen molar-refractivity contribution in [3.63, 3.8) is 0 Å². The third kappa shape index (κ3) is 3.13. The van der Waals surface area contributed by atoms with Crippen molar-refractivity contribution in [3.8, 4) is 0 Å². The standard InChI is InChI=1S/C17H24N2O4/c1-11(2)19(12-5-8-22-9-6-12)17(21)13-10-23-14-4-3-7-18-16(20)15(13)14/h10-12H,3-9H2,1-2H3,(H,18,20). The molecule has 1 aromatic heterocycles. The zero-order chi connectivity index (χ0) is 16.4. The van der Waals surface area contributed by atoms with Crippen LogP contribution in [-0.2, 0) is 11.2 Å². The zero-order valence-electron chi connectivity index (χ0n) is 13.8. The number of hydrogen-bond donors (Lipinski definition) is 1. The fraction of sp³-hybridized carbons (Fsp3) is 0.647. The summed E-state index contributed by atoms with van der Waals surface area (Å²) in [7, 11) is 0. The Balaban J connectivity index is 1.91. The molecule has 1 saturated heterocycles. The number of hydrogen-bond acceptors (Lipinski definition) is 4. The van der Waals surface area contributed by atoms with Gasteiger partial charge in [0.25, 0.3) is 11.8 Å². The summed E-state index contributed by atoms with van der Waals surface area (Å²) in [6.07, 6.45) is 4.62. The summed E-state index contributed by atoms with van der Waals surface area (Å²) < 4.78 is 10.9. The minimum Gasteiger partial charge on any atom is -0.468 e. The number of amides is 2. The van der Waals surface area contributed by atoms with Crippen LogP contribution in [0.3, 0.4) is 0 Å². The van der Waals surface area contributed by atoms with Gasteiger partial charge in [0.15, 0.2) is 0 Å². The Morgan fingerprint density at radius 3 is 2.78 bits per heavy atom. The summed E-state index contributed by atoms with van der Waals surface area (Å²) >= 11 is 0. The molecule has 0 saturated carbocycles. The lowest BCUT2D eigenvalue weighted by Crippen LogP contribution is -2.47. The van der Waals surface area contributed by atoms with Crippen LogP contribution < -0.4 is 5.32 Å². The molecular formula is C17H24N2O4. The molecular weight excluding hydrogens is 296 g/mol. The number of furan rings is 1. The van der Waals surface area contributed by atoms with Crippen molar-refractivity contribution in [1.82, 2.24) is 10.2 Å². The van der Waals surface area contributed by atoms with Crippen LogP contribution in [-0.4, -0.2) is 48.6 Å². The first-order valence-electron chi connectivity index (χ1n) is 8.38. The lowest BCUT2D eigenvalue weighted by Gasteiger charge is -2.37. The van der Waals surface area contributed by atoms with E-state index in [1.807, 2.05) is 18.7 Å². The Bertz CT molecular complexity index is 587. The van der Waals surface area contributed by atoms with Crippen molar-refractivity contribution in [2.75, 3.05) is 19.8 Å². The first-order valence-corrected chi connectivity index (χ1v) is 8.38. The van der Waals surface area contributed by atoms with Gasteiger partial charge in [0.05, 0.1) is 11.1 Å². The van der Waals surface area contributed by atoms with Crippen molar-refractivity contribution >= 4 is 11.8 Å². The molecule has 0 radical (unpaired) electrons. The van der Waals surface area contributed by atoms with Gasteiger partial charge >= 0.3 is 0 Å². The first-order chi connectivity index (χ1) is 11.1. The highest BCUT2D eigenvalue weighted by molar-refractivity contribution is 6.08. The number of rotatable bonds is 3. The molecule has 0 atom stereocenters. The van der Waals surface area contributed by atoms with Crippen LogP contribution in [0.15, 0.2) is 10.7 Å². The van der Waals surface area contributed by atoms with E-state index in [9.17, 15) is 9.59 Å². The number of carbonyl (C=O) groups is 2. The Morgan fingerprint density at radius 2 is 2.09 bits per heavy atom. The van der Waals surface area contributed by atoms with Gasteiger partial charge in [-0.2, -0.15) is 0 Å². The van der Waals surface area contributed by atoms with E-state index in [0.29, 0.717) is 43.1 Å². The van der Waals surface area contributed by atoms with E-state index in [1.54, 1.807) is 0 Å². The fourth-order valence-electron chi connectivity index (χ4n) is 3.45. The molecule has 1 N–H and O–H groups in total. The van der Waals surface area contributed by atoms with E-state index in [4.69, 9.17) is 9.15 Å². The van der Waals surface area contributed by atoms with E-state index in [2.05, 4.69) is 5.32 Å². The average Bonchev–Trinajstić information content (AvgIpc) is 2.88. The van der Waals surface area contributed by atoms with E-state index in [1.165, 1.54) is 6.26 Å². The SMILES string of the molecule is CC(C)N(C(=O)c1coc2c1C(=O)NCCC2)C1CCOCC1. The monoisotopic (exact) mass is 320 g/mol. The van der Waals surface area contributed by atoms with E-state index in [0.717, 1.165) is 19.3 Å². The summed E-state index contributed by atoms with van der Waals surface area (Å²) in [6.45, 7) is 5.97. The third-order valence-electron chi connectivity index (χ3n) is 4.57. The second kappa shape index (κ2) is 6.74. The molecule has 2 amide bonds. The molecule has 2 aliphatic heterocycles. The van der Waals surface area contributed by atoms with Gasteiger partial charge in [0.2, 0.25) is 0 Å². The highest BCUT2D eigenvalue weighted by atomic mass is 16.5. The quantitative estimate of drug-likeness (QED) is 0.924. The largest absolute Gasteiger partial charge is 0.468 e. The number of ether oxygens (including phenoxy) is 1. The van der Waals surface area contributed by atoms with Gasteiger partial charge in [-0.15, -0.1) is 0 Å². The molecule has 23 heavy (non-hydrogen) atoms. The Kier molecular flexibility index (Phi) is 4.71. The summed E-state index contributed by atoms with van der Waals surface area (Å²) in [5.41, 5.74) is 0.810. The molecule has 3 heterocycles. The molecule has 0 bridgehead atoms. The van der Waals surface area contributed by atoms with E-state index in [-0.39, 0.29) is 23.9 Å². The van der Waals surface area contributed by atoms with Gasteiger partial charge in [-0.1, -0.05) is 0 Å². The molecule has 0 spiro atoms. The van der Waals surface area contributed by atoms with Gasteiger partial charge in [0, 0.05) is 38.3 Å². The van der Waals surface area contributed by atoms with Crippen LogP contribution >= 0.6 is 0 Å². The maximum Gasteiger partial charge on any atom is 0.258 e. The molecule has 0 aromatic carbocycles. The normalized spacial score (nSPS) is 19.2. The number of fused-ring (bicyclic) bond motifs is 1. The van der Waals surface area contributed by atoms with Gasteiger partial charge in [-0.05, 0) is 33.1 Å². The molecule has 1 aromatic rings. The minimum absolute atomic E-state index is 0.0602. The molecule has 2 aliphatic rings. The van der Waals surface area contributed by atoms with Crippen LogP contribution in [0, 0.1) is 0 Å². The highest BCUT2D eigenvalue weighted by Crippen LogP contribution is 2.26. The van der Waals surface area contributed by atoms with Gasteiger partial charge in [-0.3, -0.25) is 9.59 Å². The van der Waals surface area contributed by atoms with E-state index >= 15 is 0 Å². The lowest BCUT2D eigenvalue weighted by molar-refractivity contribution is 0.0204. The predicted molar refractivity (Wildman–Crippen MR) is 84.5 cm³/mol.